The van der Waals surface area contributed by atoms with Gasteiger partial charge in [-0.15, -0.1) is 0 Å². The zero-order valence-electron chi connectivity index (χ0n) is 19.5. The molecular weight excluding hydrogens is 420 g/mol. The highest BCUT2D eigenvalue weighted by molar-refractivity contribution is 6.74. The summed E-state index contributed by atoms with van der Waals surface area (Å²) in [5.41, 5.74) is 1.94. The van der Waals surface area contributed by atoms with Crippen molar-refractivity contribution in [1.82, 2.24) is 0 Å². The van der Waals surface area contributed by atoms with E-state index in [0.29, 0.717) is 24.7 Å². The second-order valence-electron chi connectivity index (χ2n) is 9.24. The standard InChI is InChI=1S/C26H32O5Si/c1-26(2,3)32(4,5)30-17-16-22-23(28-18-20-12-8-6-9-13-20)24(25(27)31-22)29-19-21-14-10-7-11-15-21/h6-16H,17-19H2,1-5H3/b22-16-. The van der Waals surface area contributed by atoms with Crippen molar-refractivity contribution in [2.45, 2.75) is 52.1 Å². The molecule has 0 fully saturated rings. The van der Waals surface area contributed by atoms with E-state index in [1.54, 1.807) is 6.08 Å². The average molecular weight is 453 g/mol. The third-order valence-electron chi connectivity index (χ3n) is 5.79. The molecule has 0 spiro atoms. The molecule has 0 aromatic heterocycles. The van der Waals surface area contributed by atoms with Gasteiger partial charge >= 0.3 is 5.97 Å². The molecule has 5 nitrogen and oxygen atoms in total. The normalized spacial score (nSPS) is 15.8. The van der Waals surface area contributed by atoms with Gasteiger partial charge in [0.05, 0.1) is 6.61 Å². The van der Waals surface area contributed by atoms with Crippen LogP contribution in [0.5, 0.6) is 0 Å². The Balaban J connectivity index is 1.79. The van der Waals surface area contributed by atoms with E-state index in [0.717, 1.165) is 11.1 Å². The minimum Gasteiger partial charge on any atom is -0.481 e. The molecule has 0 radical (unpaired) electrons. The third kappa shape index (κ3) is 6.11. The molecule has 1 aliphatic heterocycles. The summed E-state index contributed by atoms with van der Waals surface area (Å²) in [6.07, 6.45) is 1.76. The molecule has 0 unspecified atom stereocenters. The van der Waals surface area contributed by atoms with Gasteiger partial charge in [-0.3, -0.25) is 0 Å². The van der Waals surface area contributed by atoms with Crippen molar-refractivity contribution >= 4 is 14.3 Å². The molecule has 0 atom stereocenters. The summed E-state index contributed by atoms with van der Waals surface area (Å²) >= 11 is 0. The first-order valence-corrected chi connectivity index (χ1v) is 13.7. The van der Waals surface area contributed by atoms with Gasteiger partial charge in [-0.05, 0) is 35.3 Å². The molecule has 170 valence electrons. The first-order valence-electron chi connectivity index (χ1n) is 10.8. The van der Waals surface area contributed by atoms with Crippen LogP contribution in [0.15, 0.2) is 84.0 Å². The van der Waals surface area contributed by atoms with Crippen LogP contribution in [0, 0.1) is 0 Å². The summed E-state index contributed by atoms with van der Waals surface area (Å²) in [4.78, 5) is 12.6. The zero-order chi connectivity index (χ0) is 23.2. The summed E-state index contributed by atoms with van der Waals surface area (Å²) in [5.74, 6) is 0.187. The van der Waals surface area contributed by atoms with Crippen LogP contribution >= 0.6 is 0 Å². The summed E-state index contributed by atoms with van der Waals surface area (Å²) in [7, 11) is -1.94. The van der Waals surface area contributed by atoms with E-state index in [9.17, 15) is 4.79 Å². The van der Waals surface area contributed by atoms with E-state index in [1.165, 1.54) is 0 Å². The topological polar surface area (TPSA) is 54.0 Å². The Morgan fingerprint density at radius 3 is 1.84 bits per heavy atom. The molecule has 1 heterocycles. The molecule has 32 heavy (non-hydrogen) atoms. The lowest BCUT2D eigenvalue weighted by atomic mass is 10.2. The number of carbonyl (C=O) groups excluding carboxylic acids is 1. The minimum absolute atomic E-state index is 0.0864. The molecule has 6 heteroatoms. The second kappa shape index (κ2) is 10.2. The zero-order valence-corrected chi connectivity index (χ0v) is 20.5. The fourth-order valence-electron chi connectivity index (χ4n) is 2.79. The van der Waals surface area contributed by atoms with Gasteiger partial charge in [0, 0.05) is 0 Å². The SMILES string of the molecule is CC(C)(C)[Si](C)(C)OC/C=C1\OC(=O)C(OCc2ccccc2)=C1OCc1ccccc1. The Labute approximate surface area is 191 Å². The van der Waals surface area contributed by atoms with E-state index >= 15 is 0 Å². The summed E-state index contributed by atoms with van der Waals surface area (Å²) in [6.45, 7) is 11.8. The van der Waals surface area contributed by atoms with Crippen LogP contribution in [0.2, 0.25) is 18.1 Å². The van der Waals surface area contributed by atoms with Gasteiger partial charge in [-0.2, -0.15) is 0 Å². The molecule has 1 aliphatic rings. The highest BCUT2D eigenvalue weighted by Gasteiger charge is 2.38. The first kappa shape index (κ1) is 23.8. The quantitative estimate of drug-likeness (QED) is 0.340. The van der Waals surface area contributed by atoms with Gasteiger partial charge in [-0.25, -0.2) is 4.79 Å². The van der Waals surface area contributed by atoms with E-state index in [-0.39, 0.29) is 17.4 Å². The molecule has 0 saturated carbocycles. The Morgan fingerprint density at radius 1 is 0.844 bits per heavy atom. The molecule has 0 aliphatic carbocycles. The van der Waals surface area contributed by atoms with Crippen LogP contribution in [-0.2, 0) is 36.6 Å². The Morgan fingerprint density at radius 2 is 1.34 bits per heavy atom. The van der Waals surface area contributed by atoms with Gasteiger partial charge in [0.25, 0.3) is 5.76 Å². The largest absolute Gasteiger partial charge is 0.481 e. The molecule has 0 bridgehead atoms. The minimum atomic E-state index is -1.94. The summed E-state index contributed by atoms with van der Waals surface area (Å²) in [5, 5.41) is 0.0876. The summed E-state index contributed by atoms with van der Waals surface area (Å²) in [6, 6.07) is 19.4. The number of ether oxygens (including phenoxy) is 3. The van der Waals surface area contributed by atoms with E-state index < -0.39 is 14.3 Å². The van der Waals surface area contributed by atoms with Crippen molar-refractivity contribution in [3.63, 3.8) is 0 Å². The van der Waals surface area contributed by atoms with Crippen molar-refractivity contribution in [2.24, 2.45) is 0 Å². The number of benzene rings is 2. The van der Waals surface area contributed by atoms with Crippen LogP contribution in [0.25, 0.3) is 0 Å². The lowest BCUT2D eigenvalue weighted by molar-refractivity contribution is -0.136. The molecule has 2 aromatic rings. The monoisotopic (exact) mass is 452 g/mol. The number of carbonyl (C=O) groups is 1. The van der Waals surface area contributed by atoms with Crippen LogP contribution < -0.4 is 0 Å². The fourth-order valence-corrected chi connectivity index (χ4v) is 3.73. The number of hydrogen-bond acceptors (Lipinski definition) is 5. The molecule has 2 aromatic carbocycles. The average Bonchev–Trinajstić information content (AvgIpc) is 3.05. The molecular formula is C26H32O5Si. The first-order chi connectivity index (χ1) is 15.2. The number of esters is 1. The van der Waals surface area contributed by atoms with Gasteiger partial charge in [-0.1, -0.05) is 81.4 Å². The van der Waals surface area contributed by atoms with Crippen molar-refractivity contribution in [3.05, 3.63) is 95.1 Å². The highest BCUT2D eigenvalue weighted by Crippen LogP contribution is 2.37. The fraction of sp³-hybridized carbons (Fsp3) is 0.346. The van der Waals surface area contributed by atoms with Crippen LogP contribution in [0.3, 0.4) is 0 Å². The van der Waals surface area contributed by atoms with E-state index in [2.05, 4.69) is 33.9 Å². The maximum Gasteiger partial charge on any atom is 0.383 e. The van der Waals surface area contributed by atoms with Crippen molar-refractivity contribution < 1.29 is 23.4 Å². The van der Waals surface area contributed by atoms with Crippen LogP contribution in [-0.4, -0.2) is 20.9 Å². The maximum absolute atomic E-state index is 12.6. The third-order valence-corrected chi connectivity index (χ3v) is 10.3. The van der Waals surface area contributed by atoms with E-state index in [4.69, 9.17) is 18.6 Å². The molecule has 0 N–H and O–H groups in total. The van der Waals surface area contributed by atoms with Crippen molar-refractivity contribution in [2.75, 3.05) is 6.61 Å². The van der Waals surface area contributed by atoms with Gasteiger partial charge < -0.3 is 18.6 Å². The van der Waals surface area contributed by atoms with Gasteiger partial charge in [0.15, 0.2) is 14.1 Å². The Bertz CT molecular complexity index is 972. The van der Waals surface area contributed by atoms with Gasteiger partial charge in [0.1, 0.15) is 13.2 Å². The van der Waals surface area contributed by atoms with Crippen LogP contribution in [0.1, 0.15) is 31.9 Å². The predicted molar refractivity (Wildman–Crippen MR) is 127 cm³/mol. The lowest BCUT2D eigenvalue weighted by Gasteiger charge is -2.35. The smallest absolute Gasteiger partial charge is 0.383 e. The number of rotatable bonds is 9. The highest BCUT2D eigenvalue weighted by atomic mass is 28.4. The summed E-state index contributed by atoms with van der Waals surface area (Å²) < 4.78 is 23.6. The maximum atomic E-state index is 12.6. The van der Waals surface area contributed by atoms with E-state index in [1.807, 2.05) is 60.7 Å². The Kier molecular flexibility index (Phi) is 7.59. The molecule has 0 saturated heterocycles. The molecule has 3 rings (SSSR count). The predicted octanol–water partition coefficient (Wildman–Crippen LogP) is 6.09. The number of cyclic esters (lactones) is 1. The lowest BCUT2D eigenvalue weighted by Crippen LogP contribution is -2.40. The van der Waals surface area contributed by atoms with Gasteiger partial charge in [0.2, 0.25) is 5.76 Å². The van der Waals surface area contributed by atoms with Crippen LogP contribution in [0.4, 0.5) is 0 Å². The second-order valence-corrected chi connectivity index (χ2v) is 14.0. The van der Waals surface area contributed by atoms with Crippen molar-refractivity contribution in [1.29, 1.82) is 0 Å². The van der Waals surface area contributed by atoms with Crippen molar-refractivity contribution in [3.8, 4) is 0 Å². The molecule has 0 amide bonds. The Hall–Kier alpha value is -2.83. The number of hydrogen-bond donors (Lipinski definition) is 0.